The first kappa shape index (κ1) is 10.2. The van der Waals surface area contributed by atoms with Gasteiger partial charge in [-0.25, -0.2) is 0 Å². The zero-order chi connectivity index (χ0) is 8.53. The van der Waals surface area contributed by atoms with Gasteiger partial charge in [0, 0.05) is 19.3 Å². The third-order valence-electron chi connectivity index (χ3n) is 1.61. The van der Waals surface area contributed by atoms with Gasteiger partial charge in [-0.1, -0.05) is 19.8 Å². The van der Waals surface area contributed by atoms with Crippen LogP contribution in [-0.2, 0) is 4.79 Å². The smallest absolute Gasteiger partial charge is 0.133 e. The third kappa shape index (κ3) is 7.12. The topological polar surface area (TPSA) is 17.1 Å². The molecule has 0 heterocycles. The Bertz CT molecular complexity index is 141. The maximum atomic E-state index is 11.0. The predicted octanol–water partition coefficient (Wildman–Crippen LogP) is 2.55. The van der Waals surface area contributed by atoms with Gasteiger partial charge in [0.05, 0.1) is 0 Å². The first-order valence-corrected chi connectivity index (χ1v) is 4.26. The van der Waals surface area contributed by atoms with E-state index in [0.717, 1.165) is 19.3 Å². The first-order valence-electron chi connectivity index (χ1n) is 4.26. The molecule has 0 bridgehead atoms. The number of ketones is 1. The van der Waals surface area contributed by atoms with Crippen molar-refractivity contribution in [2.24, 2.45) is 0 Å². The number of carbonyl (C=O) groups excluding carboxylic acids is 1. The van der Waals surface area contributed by atoms with Crippen molar-refractivity contribution in [3.05, 3.63) is 0 Å². The summed E-state index contributed by atoms with van der Waals surface area (Å²) in [5.41, 5.74) is 0. The summed E-state index contributed by atoms with van der Waals surface area (Å²) in [4.78, 5) is 11.0. The van der Waals surface area contributed by atoms with Gasteiger partial charge in [0.2, 0.25) is 0 Å². The van der Waals surface area contributed by atoms with Gasteiger partial charge in [0.15, 0.2) is 0 Å². The van der Waals surface area contributed by atoms with E-state index in [-0.39, 0.29) is 0 Å². The van der Waals surface area contributed by atoms with E-state index < -0.39 is 0 Å². The van der Waals surface area contributed by atoms with Gasteiger partial charge < -0.3 is 0 Å². The van der Waals surface area contributed by atoms with Crippen molar-refractivity contribution >= 4 is 5.78 Å². The van der Waals surface area contributed by atoms with E-state index in [4.69, 9.17) is 6.42 Å². The average molecular weight is 152 g/mol. The largest absolute Gasteiger partial charge is 0.300 e. The van der Waals surface area contributed by atoms with Gasteiger partial charge in [0.1, 0.15) is 5.78 Å². The minimum Gasteiger partial charge on any atom is -0.300 e. The van der Waals surface area contributed by atoms with Crippen molar-refractivity contribution < 1.29 is 4.79 Å². The van der Waals surface area contributed by atoms with Crippen LogP contribution in [0.15, 0.2) is 0 Å². The Morgan fingerprint density at radius 3 is 2.64 bits per heavy atom. The minimum atomic E-state index is 0.316. The van der Waals surface area contributed by atoms with E-state index in [2.05, 4.69) is 12.8 Å². The molecule has 0 saturated carbocycles. The fourth-order valence-corrected chi connectivity index (χ4v) is 0.909. The van der Waals surface area contributed by atoms with Crippen molar-refractivity contribution in [1.29, 1.82) is 0 Å². The van der Waals surface area contributed by atoms with Crippen molar-refractivity contribution in [1.82, 2.24) is 0 Å². The van der Waals surface area contributed by atoms with Gasteiger partial charge in [-0.2, -0.15) is 0 Å². The number of unbranched alkanes of at least 4 members (excludes halogenated alkanes) is 2. The zero-order valence-electron chi connectivity index (χ0n) is 7.23. The van der Waals surface area contributed by atoms with E-state index in [1.54, 1.807) is 0 Å². The third-order valence-corrected chi connectivity index (χ3v) is 1.61. The number of rotatable bonds is 6. The van der Waals surface area contributed by atoms with E-state index in [0.29, 0.717) is 18.6 Å². The molecule has 62 valence electrons. The highest BCUT2D eigenvalue weighted by Crippen LogP contribution is 2.02. The molecule has 0 aliphatic rings. The molecule has 0 aromatic carbocycles. The van der Waals surface area contributed by atoms with Crippen molar-refractivity contribution in [2.75, 3.05) is 0 Å². The Balaban J connectivity index is 3.17. The molecule has 0 aliphatic carbocycles. The van der Waals surface area contributed by atoms with Crippen molar-refractivity contribution in [2.45, 2.75) is 45.4 Å². The average Bonchev–Trinajstić information content (AvgIpc) is 2.01. The Labute approximate surface area is 69.2 Å². The molecule has 0 saturated heterocycles. The van der Waals surface area contributed by atoms with E-state index >= 15 is 0 Å². The maximum Gasteiger partial charge on any atom is 0.133 e. The summed E-state index contributed by atoms with van der Waals surface area (Å²) < 4.78 is 0. The molecule has 0 aromatic heterocycles. The molecule has 1 nitrogen and oxygen atoms in total. The van der Waals surface area contributed by atoms with E-state index in [1.165, 1.54) is 6.42 Å². The molecule has 0 fully saturated rings. The molecule has 0 atom stereocenters. The Kier molecular flexibility index (Phi) is 6.82. The van der Waals surface area contributed by atoms with E-state index in [9.17, 15) is 4.79 Å². The maximum absolute atomic E-state index is 11.0. The molecule has 0 spiro atoms. The van der Waals surface area contributed by atoms with Crippen molar-refractivity contribution in [3.8, 4) is 12.3 Å². The lowest BCUT2D eigenvalue weighted by Crippen LogP contribution is -1.96. The van der Waals surface area contributed by atoms with Crippen LogP contribution >= 0.6 is 0 Å². The van der Waals surface area contributed by atoms with Gasteiger partial charge in [-0.3, -0.25) is 4.79 Å². The van der Waals surface area contributed by atoms with E-state index in [1.807, 2.05) is 0 Å². The molecule has 0 unspecified atom stereocenters. The quantitative estimate of drug-likeness (QED) is 0.422. The van der Waals surface area contributed by atoms with Gasteiger partial charge >= 0.3 is 0 Å². The fourth-order valence-electron chi connectivity index (χ4n) is 0.909. The number of Topliss-reactive ketones (excluding diaryl/α,β-unsaturated/α-hetero) is 1. The van der Waals surface area contributed by atoms with Crippen LogP contribution in [-0.4, -0.2) is 5.78 Å². The SMILES string of the molecule is C#CCCC(=O)CCCCC. The van der Waals surface area contributed by atoms with Crippen molar-refractivity contribution in [3.63, 3.8) is 0 Å². The molecule has 0 aliphatic heterocycles. The molecule has 0 rings (SSSR count). The minimum absolute atomic E-state index is 0.316. The molecule has 0 N–H and O–H groups in total. The van der Waals surface area contributed by atoms with Crippen LogP contribution in [0.3, 0.4) is 0 Å². The lowest BCUT2D eigenvalue weighted by molar-refractivity contribution is -0.119. The van der Waals surface area contributed by atoms with Crippen LogP contribution in [0.1, 0.15) is 45.4 Å². The number of hydrogen-bond donors (Lipinski definition) is 0. The molecule has 0 radical (unpaired) electrons. The fraction of sp³-hybridized carbons (Fsp3) is 0.700. The Morgan fingerprint density at radius 1 is 1.36 bits per heavy atom. The van der Waals surface area contributed by atoms with Gasteiger partial charge in [-0.15, -0.1) is 12.3 Å². The molecule has 0 amide bonds. The molecular formula is C10H16O. The summed E-state index contributed by atoms with van der Waals surface area (Å²) in [6.07, 6.45) is 10.3. The molecular weight excluding hydrogens is 136 g/mol. The van der Waals surface area contributed by atoms with Gasteiger partial charge in [-0.05, 0) is 6.42 Å². The molecule has 0 aromatic rings. The van der Waals surface area contributed by atoms with Crippen LogP contribution in [0.4, 0.5) is 0 Å². The van der Waals surface area contributed by atoms with Gasteiger partial charge in [0.25, 0.3) is 0 Å². The monoisotopic (exact) mass is 152 g/mol. The summed E-state index contributed by atoms with van der Waals surface area (Å²) >= 11 is 0. The highest BCUT2D eigenvalue weighted by atomic mass is 16.1. The lowest BCUT2D eigenvalue weighted by Gasteiger charge is -1.95. The second-order valence-electron chi connectivity index (χ2n) is 2.70. The normalized spacial score (nSPS) is 9.09. The number of carbonyl (C=O) groups is 1. The van der Waals surface area contributed by atoms with Crippen LogP contribution < -0.4 is 0 Å². The Hall–Kier alpha value is -0.770. The standard InChI is InChI=1S/C10H16O/c1-3-5-7-9-10(11)8-6-4-2/h2H,3,5-9H2,1H3. The van der Waals surface area contributed by atoms with Crippen LogP contribution in [0.2, 0.25) is 0 Å². The predicted molar refractivity (Wildman–Crippen MR) is 47.2 cm³/mol. The lowest BCUT2D eigenvalue weighted by atomic mass is 10.1. The summed E-state index contributed by atoms with van der Waals surface area (Å²) in [5, 5.41) is 0. The number of terminal acetylenes is 1. The Morgan fingerprint density at radius 2 is 2.09 bits per heavy atom. The molecule has 1 heteroatoms. The molecule has 11 heavy (non-hydrogen) atoms. The highest BCUT2D eigenvalue weighted by Gasteiger charge is 1.98. The summed E-state index contributed by atoms with van der Waals surface area (Å²) in [7, 11) is 0. The second kappa shape index (κ2) is 7.34. The zero-order valence-corrected chi connectivity index (χ0v) is 7.23. The summed E-state index contributed by atoms with van der Waals surface area (Å²) in [5.74, 6) is 2.78. The summed E-state index contributed by atoms with van der Waals surface area (Å²) in [6, 6.07) is 0. The first-order chi connectivity index (χ1) is 5.31. The van der Waals surface area contributed by atoms with Crippen LogP contribution in [0, 0.1) is 12.3 Å². The van der Waals surface area contributed by atoms with Crippen LogP contribution in [0.25, 0.3) is 0 Å². The second-order valence-corrected chi connectivity index (χ2v) is 2.70. The number of hydrogen-bond acceptors (Lipinski definition) is 1. The highest BCUT2D eigenvalue weighted by molar-refractivity contribution is 5.78. The van der Waals surface area contributed by atoms with Crippen LogP contribution in [0.5, 0.6) is 0 Å². The summed E-state index contributed by atoms with van der Waals surface area (Å²) in [6.45, 7) is 2.13.